The van der Waals surface area contributed by atoms with Crippen LogP contribution < -0.4 is 5.73 Å². The van der Waals surface area contributed by atoms with Crippen molar-refractivity contribution < 1.29 is 0 Å². The van der Waals surface area contributed by atoms with Crippen LogP contribution in [0, 0.1) is 5.41 Å². The second-order valence-electron chi connectivity index (χ2n) is 6.32. The number of hydrogen-bond donors (Lipinski definition) is 1. The number of nitrogens with zero attached hydrogens (tertiary/aromatic N) is 1. The van der Waals surface area contributed by atoms with Gasteiger partial charge in [-0.3, -0.25) is 4.90 Å². The number of nitrogens with two attached hydrogens (primary N) is 1. The van der Waals surface area contributed by atoms with E-state index in [0.29, 0.717) is 11.5 Å². The van der Waals surface area contributed by atoms with Gasteiger partial charge in [0, 0.05) is 12.6 Å². The molecular formula is C18H30N2. The summed E-state index contributed by atoms with van der Waals surface area (Å²) in [5.41, 5.74) is 8.05. The maximum atomic E-state index is 6.04. The zero-order valence-corrected chi connectivity index (χ0v) is 13.1. The molecule has 0 aliphatic carbocycles. The summed E-state index contributed by atoms with van der Waals surface area (Å²) in [6.45, 7) is 7.90. The van der Waals surface area contributed by atoms with Crippen molar-refractivity contribution in [3.05, 3.63) is 35.9 Å². The van der Waals surface area contributed by atoms with E-state index in [-0.39, 0.29) is 0 Å². The minimum absolute atomic E-state index is 0.504. The monoisotopic (exact) mass is 274 g/mol. The van der Waals surface area contributed by atoms with Crippen LogP contribution in [0.25, 0.3) is 0 Å². The van der Waals surface area contributed by atoms with Crippen LogP contribution in [0.15, 0.2) is 30.3 Å². The molecule has 1 heterocycles. The van der Waals surface area contributed by atoms with Crippen molar-refractivity contribution in [2.75, 3.05) is 19.6 Å². The molecule has 1 saturated heterocycles. The molecule has 1 aliphatic rings. The first-order chi connectivity index (χ1) is 9.73. The van der Waals surface area contributed by atoms with E-state index < -0.39 is 0 Å². The molecule has 1 aliphatic heterocycles. The topological polar surface area (TPSA) is 29.3 Å². The second-order valence-corrected chi connectivity index (χ2v) is 6.32. The number of piperidine rings is 1. The smallest absolute Gasteiger partial charge is 0.0258 e. The SMILES string of the molecule is CCC1(CC)CCN(C(CN)Cc2ccccc2)CC1. The van der Waals surface area contributed by atoms with Gasteiger partial charge in [0.2, 0.25) is 0 Å². The first kappa shape index (κ1) is 15.5. The van der Waals surface area contributed by atoms with E-state index in [1.54, 1.807) is 0 Å². The molecule has 20 heavy (non-hydrogen) atoms. The third-order valence-electron chi connectivity index (χ3n) is 5.46. The Morgan fingerprint density at radius 3 is 2.20 bits per heavy atom. The lowest BCUT2D eigenvalue weighted by Crippen LogP contribution is -2.48. The fraction of sp³-hybridized carbons (Fsp3) is 0.667. The fourth-order valence-corrected chi connectivity index (χ4v) is 3.57. The Morgan fingerprint density at radius 1 is 1.10 bits per heavy atom. The Labute approximate surface area is 124 Å². The van der Waals surface area contributed by atoms with Crippen molar-refractivity contribution in [3.63, 3.8) is 0 Å². The summed E-state index contributed by atoms with van der Waals surface area (Å²) >= 11 is 0. The summed E-state index contributed by atoms with van der Waals surface area (Å²) in [5.74, 6) is 0. The Bertz CT molecular complexity index is 374. The van der Waals surface area contributed by atoms with Crippen LogP contribution in [0.1, 0.15) is 45.1 Å². The molecule has 0 radical (unpaired) electrons. The van der Waals surface area contributed by atoms with Crippen LogP contribution in [-0.2, 0) is 6.42 Å². The van der Waals surface area contributed by atoms with Crippen LogP contribution in [0.3, 0.4) is 0 Å². The number of hydrogen-bond acceptors (Lipinski definition) is 2. The van der Waals surface area contributed by atoms with Gasteiger partial charge in [0.05, 0.1) is 0 Å². The maximum Gasteiger partial charge on any atom is 0.0258 e. The molecular weight excluding hydrogens is 244 g/mol. The van der Waals surface area contributed by atoms with Gasteiger partial charge in [-0.25, -0.2) is 0 Å². The Morgan fingerprint density at radius 2 is 1.70 bits per heavy atom. The molecule has 2 rings (SSSR count). The summed E-state index contributed by atoms with van der Waals surface area (Å²) in [6, 6.07) is 11.3. The average molecular weight is 274 g/mol. The standard InChI is InChI=1S/C18H30N2/c1-3-18(4-2)10-12-20(13-11-18)17(15-19)14-16-8-6-5-7-9-16/h5-9,17H,3-4,10-15,19H2,1-2H3. The quantitative estimate of drug-likeness (QED) is 0.861. The van der Waals surface area contributed by atoms with Crippen LogP contribution in [0.4, 0.5) is 0 Å². The highest BCUT2D eigenvalue weighted by Crippen LogP contribution is 2.38. The Hall–Kier alpha value is -0.860. The summed E-state index contributed by atoms with van der Waals surface area (Å²) < 4.78 is 0. The Balaban J connectivity index is 1.93. The van der Waals surface area contributed by atoms with E-state index in [9.17, 15) is 0 Å². The lowest BCUT2D eigenvalue weighted by Gasteiger charge is -2.44. The van der Waals surface area contributed by atoms with E-state index in [2.05, 4.69) is 49.1 Å². The molecule has 0 aromatic heterocycles. The molecule has 1 atom stereocenters. The van der Waals surface area contributed by atoms with Crippen LogP contribution in [-0.4, -0.2) is 30.6 Å². The van der Waals surface area contributed by atoms with Gasteiger partial charge < -0.3 is 5.73 Å². The van der Waals surface area contributed by atoms with Gasteiger partial charge in [-0.1, -0.05) is 57.0 Å². The third kappa shape index (κ3) is 3.62. The molecule has 1 unspecified atom stereocenters. The van der Waals surface area contributed by atoms with Gasteiger partial charge in [-0.15, -0.1) is 0 Å². The lowest BCUT2D eigenvalue weighted by atomic mass is 9.74. The van der Waals surface area contributed by atoms with Crippen LogP contribution in [0.2, 0.25) is 0 Å². The van der Waals surface area contributed by atoms with Gasteiger partial charge in [-0.2, -0.15) is 0 Å². The molecule has 1 aromatic rings. The molecule has 0 spiro atoms. The van der Waals surface area contributed by atoms with Crippen molar-refractivity contribution in [2.24, 2.45) is 11.1 Å². The van der Waals surface area contributed by atoms with E-state index >= 15 is 0 Å². The number of likely N-dealkylation sites (tertiary alicyclic amines) is 1. The average Bonchev–Trinajstić information content (AvgIpc) is 2.54. The van der Waals surface area contributed by atoms with Crippen LogP contribution in [0.5, 0.6) is 0 Å². The van der Waals surface area contributed by atoms with Gasteiger partial charge in [0.1, 0.15) is 0 Å². The summed E-state index contributed by atoms with van der Waals surface area (Å²) in [6.07, 6.45) is 6.41. The molecule has 2 N–H and O–H groups in total. The molecule has 0 bridgehead atoms. The molecule has 2 heteroatoms. The Kier molecular flexibility index (Phi) is 5.62. The molecule has 1 fully saturated rings. The van der Waals surface area contributed by atoms with Crippen molar-refractivity contribution in [3.8, 4) is 0 Å². The second kappa shape index (κ2) is 7.24. The highest BCUT2D eigenvalue weighted by molar-refractivity contribution is 5.16. The van der Waals surface area contributed by atoms with Gasteiger partial charge in [0.25, 0.3) is 0 Å². The molecule has 2 nitrogen and oxygen atoms in total. The predicted molar refractivity (Wildman–Crippen MR) is 86.8 cm³/mol. The molecule has 112 valence electrons. The van der Waals surface area contributed by atoms with Crippen molar-refractivity contribution in [1.29, 1.82) is 0 Å². The molecule has 1 aromatic carbocycles. The highest BCUT2D eigenvalue weighted by Gasteiger charge is 2.33. The first-order valence-electron chi connectivity index (χ1n) is 8.21. The zero-order valence-electron chi connectivity index (χ0n) is 13.1. The largest absolute Gasteiger partial charge is 0.329 e. The number of benzene rings is 1. The van der Waals surface area contributed by atoms with Crippen molar-refractivity contribution in [1.82, 2.24) is 4.90 Å². The third-order valence-corrected chi connectivity index (χ3v) is 5.46. The van der Waals surface area contributed by atoms with Crippen molar-refractivity contribution >= 4 is 0 Å². The summed E-state index contributed by atoms with van der Waals surface area (Å²) in [4.78, 5) is 2.62. The normalized spacial score (nSPS) is 20.8. The highest BCUT2D eigenvalue weighted by atomic mass is 15.2. The van der Waals surface area contributed by atoms with Crippen molar-refractivity contribution in [2.45, 2.75) is 52.0 Å². The molecule has 0 amide bonds. The number of rotatable bonds is 6. The van der Waals surface area contributed by atoms with Crippen LogP contribution >= 0.6 is 0 Å². The predicted octanol–water partition coefficient (Wildman–Crippen LogP) is 3.46. The minimum Gasteiger partial charge on any atom is -0.329 e. The van der Waals surface area contributed by atoms with E-state index in [1.807, 2.05) is 0 Å². The summed E-state index contributed by atoms with van der Waals surface area (Å²) in [7, 11) is 0. The van der Waals surface area contributed by atoms with E-state index in [1.165, 1.54) is 44.3 Å². The minimum atomic E-state index is 0.504. The zero-order chi connectivity index (χ0) is 14.4. The first-order valence-corrected chi connectivity index (χ1v) is 8.21. The molecule has 0 saturated carbocycles. The van der Waals surface area contributed by atoms with E-state index in [4.69, 9.17) is 5.73 Å². The maximum absolute atomic E-state index is 6.04. The van der Waals surface area contributed by atoms with Gasteiger partial charge >= 0.3 is 0 Å². The lowest BCUT2D eigenvalue weighted by molar-refractivity contribution is 0.0682. The summed E-state index contributed by atoms with van der Waals surface area (Å²) in [5, 5.41) is 0. The van der Waals surface area contributed by atoms with E-state index in [0.717, 1.165) is 13.0 Å². The fourth-order valence-electron chi connectivity index (χ4n) is 3.57. The van der Waals surface area contributed by atoms with Gasteiger partial charge in [0.15, 0.2) is 0 Å². The van der Waals surface area contributed by atoms with Gasteiger partial charge in [-0.05, 0) is 43.3 Å².